The lowest BCUT2D eigenvalue weighted by atomic mass is 10.1. The Bertz CT molecular complexity index is 1010. The Kier molecular flexibility index (Phi) is 4.22. The molecule has 0 aliphatic carbocycles. The normalized spacial score (nSPS) is 12.4. The number of carbonyl (C=O) groups excluding carboxylic acids is 2. The number of aryl methyl sites for hydroxylation is 1. The summed E-state index contributed by atoms with van der Waals surface area (Å²) in [6.07, 6.45) is 0. The van der Waals surface area contributed by atoms with Gasteiger partial charge in [0.25, 0.3) is 11.8 Å². The predicted molar refractivity (Wildman–Crippen MR) is 104 cm³/mol. The van der Waals surface area contributed by atoms with E-state index >= 15 is 0 Å². The first-order chi connectivity index (χ1) is 12.6. The smallest absolute Gasteiger partial charge is 0.256 e. The standard InChI is InChI=1S/C21H16N2O2S/c1-13-6-9-15(10-7-13)22-20(24)14-8-11-19-17(12-14)23-21(25)16-4-2-3-5-18(16)26-19/h2-12H,1H3,(H,22,24)(H,23,25). The van der Waals surface area contributed by atoms with Crippen LogP contribution < -0.4 is 10.6 Å². The topological polar surface area (TPSA) is 58.2 Å². The first-order valence-corrected chi connectivity index (χ1v) is 9.02. The Hall–Kier alpha value is -3.05. The molecule has 0 bridgehead atoms. The van der Waals surface area contributed by atoms with E-state index in [1.54, 1.807) is 18.2 Å². The second-order valence-corrected chi connectivity index (χ2v) is 7.17. The van der Waals surface area contributed by atoms with Crippen molar-refractivity contribution in [2.24, 2.45) is 0 Å². The zero-order chi connectivity index (χ0) is 18.1. The predicted octanol–water partition coefficient (Wildman–Crippen LogP) is 4.96. The molecular formula is C21H16N2O2S. The summed E-state index contributed by atoms with van der Waals surface area (Å²) in [6.45, 7) is 2.00. The molecule has 1 heterocycles. The molecule has 0 unspecified atom stereocenters. The SMILES string of the molecule is Cc1ccc(NC(=O)c2ccc3c(c2)NC(=O)c2ccccc2S3)cc1. The van der Waals surface area contributed by atoms with Crippen LogP contribution in [-0.2, 0) is 0 Å². The average molecular weight is 360 g/mol. The molecule has 1 aliphatic rings. The number of carbonyl (C=O) groups is 2. The fourth-order valence-corrected chi connectivity index (χ4v) is 3.76. The summed E-state index contributed by atoms with van der Waals surface area (Å²) in [4.78, 5) is 26.8. The van der Waals surface area contributed by atoms with Crippen molar-refractivity contribution in [1.82, 2.24) is 0 Å². The summed E-state index contributed by atoms with van der Waals surface area (Å²) in [5.74, 6) is -0.374. The Balaban J connectivity index is 1.61. The Morgan fingerprint density at radius 2 is 1.73 bits per heavy atom. The van der Waals surface area contributed by atoms with E-state index < -0.39 is 0 Å². The van der Waals surface area contributed by atoms with E-state index in [9.17, 15) is 9.59 Å². The molecule has 0 atom stereocenters. The molecular weight excluding hydrogens is 344 g/mol. The van der Waals surface area contributed by atoms with Crippen molar-refractivity contribution in [1.29, 1.82) is 0 Å². The number of nitrogens with one attached hydrogen (secondary N) is 2. The summed E-state index contributed by atoms with van der Waals surface area (Å²) in [5, 5.41) is 5.78. The van der Waals surface area contributed by atoms with Crippen LogP contribution in [0.2, 0.25) is 0 Å². The van der Waals surface area contributed by atoms with E-state index in [1.807, 2.05) is 55.5 Å². The van der Waals surface area contributed by atoms with E-state index in [1.165, 1.54) is 11.8 Å². The lowest BCUT2D eigenvalue weighted by molar-refractivity contribution is 0.101. The molecule has 0 aromatic heterocycles. The van der Waals surface area contributed by atoms with Crippen LogP contribution in [0.3, 0.4) is 0 Å². The maximum atomic E-state index is 12.5. The van der Waals surface area contributed by atoms with Crippen molar-refractivity contribution in [3.8, 4) is 0 Å². The van der Waals surface area contributed by atoms with Crippen LogP contribution in [0.5, 0.6) is 0 Å². The highest BCUT2D eigenvalue weighted by Crippen LogP contribution is 2.39. The van der Waals surface area contributed by atoms with Gasteiger partial charge in [-0.3, -0.25) is 9.59 Å². The summed E-state index contributed by atoms with van der Waals surface area (Å²) in [6, 6.07) is 20.5. The van der Waals surface area contributed by atoms with Crippen molar-refractivity contribution < 1.29 is 9.59 Å². The summed E-state index contributed by atoms with van der Waals surface area (Å²) in [5.41, 5.74) is 3.65. The van der Waals surface area contributed by atoms with E-state index in [0.717, 1.165) is 21.0 Å². The minimum Gasteiger partial charge on any atom is -0.322 e. The molecule has 0 saturated heterocycles. The number of amides is 2. The van der Waals surface area contributed by atoms with Gasteiger partial charge in [-0.2, -0.15) is 0 Å². The summed E-state index contributed by atoms with van der Waals surface area (Å²) in [7, 11) is 0. The molecule has 0 radical (unpaired) electrons. The van der Waals surface area contributed by atoms with E-state index in [4.69, 9.17) is 0 Å². The van der Waals surface area contributed by atoms with Crippen LogP contribution in [0.1, 0.15) is 26.3 Å². The first kappa shape index (κ1) is 16.4. The molecule has 5 heteroatoms. The van der Waals surface area contributed by atoms with Crippen LogP contribution in [-0.4, -0.2) is 11.8 Å². The second kappa shape index (κ2) is 6.69. The van der Waals surface area contributed by atoms with Crippen LogP contribution in [0.15, 0.2) is 76.5 Å². The fourth-order valence-electron chi connectivity index (χ4n) is 2.75. The highest BCUT2D eigenvalue weighted by atomic mass is 32.2. The lowest BCUT2D eigenvalue weighted by Gasteiger charge is -2.10. The third-order valence-corrected chi connectivity index (χ3v) is 5.30. The van der Waals surface area contributed by atoms with Gasteiger partial charge < -0.3 is 10.6 Å². The summed E-state index contributed by atoms with van der Waals surface area (Å²) < 4.78 is 0. The number of anilines is 2. The van der Waals surface area contributed by atoms with Gasteiger partial charge in [0.05, 0.1) is 11.3 Å². The number of fused-ring (bicyclic) bond motifs is 2. The third-order valence-electron chi connectivity index (χ3n) is 4.15. The van der Waals surface area contributed by atoms with E-state index in [2.05, 4.69) is 10.6 Å². The molecule has 3 aromatic carbocycles. The van der Waals surface area contributed by atoms with Gasteiger partial charge >= 0.3 is 0 Å². The van der Waals surface area contributed by atoms with Gasteiger partial charge in [-0.25, -0.2) is 0 Å². The third kappa shape index (κ3) is 3.21. The first-order valence-electron chi connectivity index (χ1n) is 8.20. The zero-order valence-electron chi connectivity index (χ0n) is 14.1. The van der Waals surface area contributed by atoms with Crippen molar-refractivity contribution in [3.05, 3.63) is 83.4 Å². The largest absolute Gasteiger partial charge is 0.322 e. The zero-order valence-corrected chi connectivity index (χ0v) is 14.9. The van der Waals surface area contributed by atoms with Crippen molar-refractivity contribution >= 4 is 35.0 Å². The quantitative estimate of drug-likeness (QED) is 0.679. The number of hydrogen-bond donors (Lipinski definition) is 2. The molecule has 4 nitrogen and oxygen atoms in total. The molecule has 3 aromatic rings. The average Bonchev–Trinajstić information content (AvgIpc) is 2.79. The molecule has 0 fully saturated rings. The van der Waals surface area contributed by atoms with Gasteiger partial charge in [-0.1, -0.05) is 41.6 Å². The molecule has 0 spiro atoms. The maximum absolute atomic E-state index is 12.5. The van der Waals surface area contributed by atoms with Gasteiger partial charge in [0.1, 0.15) is 0 Å². The Labute approximate surface area is 155 Å². The Morgan fingerprint density at radius 3 is 2.54 bits per heavy atom. The number of hydrogen-bond acceptors (Lipinski definition) is 3. The number of benzene rings is 3. The molecule has 2 amide bonds. The molecule has 26 heavy (non-hydrogen) atoms. The van der Waals surface area contributed by atoms with Gasteiger partial charge in [-0.15, -0.1) is 0 Å². The fraction of sp³-hybridized carbons (Fsp3) is 0.0476. The minimum absolute atomic E-state index is 0.164. The van der Waals surface area contributed by atoms with Crippen molar-refractivity contribution in [3.63, 3.8) is 0 Å². The van der Waals surface area contributed by atoms with Gasteiger partial charge in [0, 0.05) is 21.0 Å². The second-order valence-electron chi connectivity index (χ2n) is 6.08. The van der Waals surface area contributed by atoms with Crippen molar-refractivity contribution in [2.45, 2.75) is 16.7 Å². The van der Waals surface area contributed by atoms with Crippen LogP contribution in [0.25, 0.3) is 0 Å². The molecule has 4 rings (SSSR count). The van der Waals surface area contributed by atoms with Crippen LogP contribution in [0, 0.1) is 6.92 Å². The van der Waals surface area contributed by atoms with E-state index in [-0.39, 0.29) is 11.8 Å². The van der Waals surface area contributed by atoms with Gasteiger partial charge in [0.15, 0.2) is 0 Å². The molecule has 1 aliphatic heterocycles. The summed E-state index contributed by atoms with van der Waals surface area (Å²) >= 11 is 1.52. The van der Waals surface area contributed by atoms with E-state index in [0.29, 0.717) is 16.8 Å². The molecule has 2 N–H and O–H groups in total. The van der Waals surface area contributed by atoms with Crippen LogP contribution in [0.4, 0.5) is 11.4 Å². The Morgan fingerprint density at radius 1 is 0.962 bits per heavy atom. The maximum Gasteiger partial charge on any atom is 0.256 e. The lowest BCUT2D eigenvalue weighted by Crippen LogP contribution is -2.14. The van der Waals surface area contributed by atoms with Gasteiger partial charge in [0.2, 0.25) is 0 Å². The minimum atomic E-state index is -0.210. The van der Waals surface area contributed by atoms with Crippen molar-refractivity contribution in [2.75, 3.05) is 10.6 Å². The van der Waals surface area contributed by atoms with Gasteiger partial charge in [-0.05, 0) is 49.4 Å². The monoisotopic (exact) mass is 360 g/mol. The highest BCUT2D eigenvalue weighted by Gasteiger charge is 2.20. The number of rotatable bonds is 2. The molecule has 0 saturated carbocycles. The highest BCUT2D eigenvalue weighted by molar-refractivity contribution is 7.99. The van der Waals surface area contributed by atoms with Crippen LogP contribution >= 0.6 is 11.8 Å². The molecule has 128 valence electrons.